The van der Waals surface area contributed by atoms with Gasteiger partial charge in [-0.3, -0.25) is 4.79 Å². The van der Waals surface area contributed by atoms with Crippen molar-refractivity contribution in [3.8, 4) is 17.2 Å². The Kier molecular flexibility index (Phi) is 7.95. The zero-order valence-corrected chi connectivity index (χ0v) is 16.3. The molecule has 2 aromatic rings. The molecule has 0 saturated heterocycles. The van der Waals surface area contributed by atoms with Gasteiger partial charge in [0.1, 0.15) is 5.75 Å². The maximum absolute atomic E-state index is 12.4. The topological polar surface area (TPSA) is 66.0 Å². The fraction of sp³-hybridized carbons (Fsp3) is 0.381. The number of carbonyl (C=O) groups is 1. The molecule has 0 aromatic heterocycles. The van der Waals surface area contributed by atoms with Crippen LogP contribution in [0.25, 0.3) is 0 Å². The maximum atomic E-state index is 12.4. The summed E-state index contributed by atoms with van der Waals surface area (Å²) < 4.78 is 21.3. The molecule has 0 saturated carbocycles. The number of rotatable bonds is 10. The molecule has 0 unspecified atom stereocenters. The number of hydrogen-bond acceptors (Lipinski definition) is 5. The van der Waals surface area contributed by atoms with Gasteiger partial charge in [-0.15, -0.1) is 0 Å². The number of methoxy groups -OCH3 is 3. The van der Waals surface area contributed by atoms with Crippen LogP contribution in [0.3, 0.4) is 0 Å². The lowest BCUT2D eigenvalue weighted by molar-refractivity contribution is 0.0953. The minimum Gasteiger partial charge on any atom is -0.496 e. The third-order valence-electron chi connectivity index (χ3n) is 4.15. The Labute approximate surface area is 160 Å². The summed E-state index contributed by atoms with van der Waals surface area (Å²) in [5.41, 5.74) is 2.49. The van der Waals surface area contributed by atoms with Crippen molar-refractivity contribution >= 4 is 5.91 Å². The van der Waals surface area contributed by atoms with E-state index >= 15 is 0 Å². The molecule has 0 spiro atoms. The highest BCUT2D eigenvalue weighted by Gasteiger charge is 2.11. The lowest BCUT2D eigenvalue weighted by Gasteiger charge is -2.12. The van der Waals surface area contributed by atoms with Gasteiger partial charge in [-0.25, -0.2) is 0 Å². The third-order valence-corrected chi connectivity index (χ3v) is 4.15. The second-order valence-electron chi connectivity index (χ2n) is 5.86. The summed E-state index contributed by atoms with van der Waals surface area (Å²) in [6, 6.07) is 11.1. The van der Waals surface area contributed by atoms with Gasteiger partial charge in [-0.1, -0.05) is 6.07 Å². The van der Waals surface area contributed by atoms with Crippen LogP contribution >= 0.6 is 0 Å². The maximum Gasteiger partial charge on any atom is 0.251 e. The van der Waals surface area contributed by atoms with E-state index in [1.54, 1.807) is 39.5 Å². The summed E-state index contributed by atoms with van der Waals surface area (Å²) in [6.07, 6.45) is 0.689. The highest BCUT2D eigenvalue weighted by Crippen LogP contribution is 2.27. The van der Waals surface area contributed by atoms with Crippen molar-refractivity contribution in [3.63, 3.8) is 0 Å². The average molecular weight is 373 g/mol. The molecule has 6 nitrogen and oxygen atoms in total. The van der Waals surface area contributed by atoms with Gasteiger partial charge in [0.05, 0.1) is 27.9 Å². The van der Waals surface area contributed by atoms with Crippen LogP contribution in [0.5, 0.6) is 17.2 Å². The van der Waals surface area contributed by atoms with Crippen LogP contribution in [0, 0.1) is 0 Å². The van der Waals surface area contributed by atoms with E-state index in [2.05, 4.69) is 5.32 Å². The molecular formula is C21H27NO5. The molecule has 0 radical (unpaired) electrons. The Bertz CT molecular complexity index is 760. The summed E-state index contributed by atoms with van der Waals surface area (Å²) in [5.74, 6) is 1.95. The van der Waals surface area contributed by atoms with Crippen LogP contribution in [-0.2, 0) is 17.8 Å². The molecule has 2 rings (SSSR count). The van der Waals surface area contributed by atoms with Crippen molar-refractivity contribution < 1.29 is 23.7 Å². The van der Waals surface area contributed by atoms with Gasteiger partial charge < -0.3 is 24.3 Å². The minimum atomic E-state index is -0.129. The van der Waals surface area contributed by atoms with Crippen molar-refractivity contribution in [1.29, 1.82) is 0 Å². The molecule has 1 N–H and O–H groups in total. The van der Waals surface area contributed by atoms with Gasteiger partial charge in [0.15, 0.2) is 11.5 Å². The Morgan fingerprint density at radius 1 is 0.926 bits per heavy atom. The van der Waals surface area contributed by atoms with E-state index in [1.807, 2.05) is 25.1 Å². The fourth-order valence-corrected chi connectivity index (χ4v) is 2.70. The number of carbonyl (C=O) groups excluding carboxylic acids is 1. The van der Waals surface area contributed by atoms with E-state index in [0.29, 0.717) is 49.0 Å². The Balaban J connectivity index is 1.97. The molecular weight excluding hydrogens is 346 g/mol. The first-order chi connectivity index (χ1) is 13.1. The quantitative estimate of drug-likeness (QED) is 0.693. The van der Waals surface area contributed by atoms with E-state index in [1.165, 1.54) is 0 Å². The number of nitrogens with one attached hydrogen (secondary N) is 1. The zero-order valence-electron chi connectivity index (χ0n) is 16.3. The summed E-state index contributed by atoms with van der Waals surface area (Å²) in [6.45, 7) is 3.45. The lowest BCUT2D eigenvalue weighted by Crippen LogP contribution is -2.25. The predicted molar refractivity (Wildman–Crippen MR) is 104 cm³/mol. The molecule has 27 heavy (non-hydrogen) atoms. The molecule has 1 amide bonds. The molecule has 0 fully saturated rings. The zero-order chi connectivity index (χ0) is 19.6. The average Bonchev–Trinajstić information content (AvgIpc) is 2.71. The third kappa shape index (κ3) is 5.62. The molecule has 0 aliphatic carbocycles. The van der Waals surface area contributed by atoms with Crippen LogP contribution in [-0.4, -0.2) is 40.4 Å². The minimum absolute atomic E-state index is 0.129. The van der Waals surface area contributed by atoms with Crippen molar-refractivity contribution in [2.24, 2.45) is 0 Å². The molecule has 0 bridgehead atoms. The summed E-state index contributed by atoms with van der Waals surface area (Å²) in [7, 11) is 4.81. The van der Waals surface area contributed by atoms with Crippen LogP contribution in [0.1, 0.15) is 28.4 Å². The molecule has 2 aromatic carbocycles. The van der Waals surface area contributed by atoms with Crippen molar-refractivity contribution in [2.45, 2.75) is 20.0 Å². The Morgan fingerprint density at radius 2 is 1.63 bits per heavy atom. The van der Waals surface area contributed by atoms with Gasteiger partial charge in [0.2, 0.25) is 0 Å². The second kappa shape index (κ2) is 10.4. The number of hydrogen-bond donors (Lipinski definition) is 1. The highest BCUT2D eigenvalue weighted by atomic mass is 16.5. The predicted octanol–water partition coefficient (Wildman–Crippen LogP) is 3.22. The van der Waals surface area contributed by atoms with E-state index in [4.69, 9.17) is 18.9 Å². The van der Waals surface area contributed by atoms with E-state index in [-0.39, 0.29) is 5.91 Å². The lowest BCUT2D eigenvalue weighted by atomic mass is 10.1. The van der Waals surface area contributed by atoms with Gasteiger partial charge in [-0.2, -0.15) is 0 Å². The molecule has 0 aliphatic rings. The van der Waals surface area contributed by atoms with E-state index < -0.39 is 0 Å². The number of ether oxygens (including phenoxy) is 4. The van der Waals surface area contributed by atoms with Crippen molar-refractivity contribution in [1.82, 2.24) is 5.32 Å². The molecule has 146 valence electrons. The van der Waals surface area contributed by atoms with Crippen molar-refractivity contribution in [3.05, 3.63) is 53.1 Å². The van der Waals surface area contributed by atoms with E-state index in [9.17, 15) is 4.79 Å². The van der Waals surface area contributed by atoms with Gasteiger partial charge in [0, 0.05) is 24.3 Å². The first kappa shape index (κ1) is 20.6. The van der Waals surface area contributed by atoms with Crippen LogP contribution in [0.4, 0.5) is 0 Å². The number of benzene rings is 2. The second-order valence-corrected chi connectivity index (χ2v) is 5.86. The monoisotopic (exact) mass is 373 g/mol. The smallest absolute Gasteiger partial charge is 0.251 e. The molecule has 6 heteroatoms. The van der Waals surface area contributed by atoms with Gasteiger partial charge >= 0.3 is 0 Å². The molecule has 0 atom stereocenters. The number of amides is 1. The Morgan fingerprint density at radius 3 is 2.30 bits per heavy atom. The summed E-state index contributed by atoms with van der Waals surface area (Å²) >= 11 is 0. The van der Waals surface area contributed by atoms with Crippen LogP contribution in [0.15, 0.2) is 36.4 Å². The first-order valence-electron chi connectivity index (χ1n) is 8.86. The highest BCUT2D eigenvalue weighted by molar-refractivity contribution is 5.94. The van der Waals surface area contributed by atoms with E-state index in [0.717, 1.165) is 11.1 Å². The first-order valence-corrected chi connectivity index (χ1v) is 8.86. The van der Waals surface area contributed by atoms with Gasteiger partial charge in [-0.05, 0) is 49.2 Å². The fourth-order valence-electron chi connectivity index (χ4n) is 2.70. The van der Waals surface area contributed by atoms with Crippen molar-refractivity contribution in [2.75, 3.05) is 34.5 Å². The molecule has 0 aliphatic heterocycles. The van der Waals surface area contributed by atoms with Crippen LogP contribution < -0.4 is 19.5 Å². The standard InChI is InChI=1S/C21H27NO5/c1-5-27-14-17-13-16(7-9-18(17)24-2)21(23)22-11-10-15-6-8-19(25-3)20(12-15)26-4/h6-9,12-13H,5,10-11,14H2,1-4H3,(H,22,23). The Hall–Kier alpha value is -2.73. The summed E-state index contributed by atoms with van der Waals surface area (Å²) in [5, 5.41) is 2.94. The van der Waals surface area contributed by atoms with Crippen LogP contribution in [0.2, 0.25) is 0 Å². The van der Waals surface area contributed by atoms with Gasteiger partial charge in [0.25, 0.3) is 5.91 Å². The molecule has 0 heterocycles. The summed E-state index contributed by atoms with van der Waals surface area (Å²) in [4.78, 5) is 12.4. The SMILES string of the molecule is CCOCc1cc(C(=O)NCCc2ccc(OC)c(OC)c2)ccc1OC. The largest absolute Gasteiger partial charge is 0.496 e. The normalized spacial score (nSPS) is 10.4.